The molecule has 2 heterocycles. The minimum atomic E-state index is -0.105. The third kappa shape index (κ3) is 3.43. The van der Waals surface area contributed by atoms with Gasteiger partial charge in [-0.1, -0.05) is 49.3 Å². The number of aromatic nitrogens is 4. The zero-order valence-electron chi connectivity index (χ0n) is 10.3. The van der Waals surface area contributed by atoms with Crippen molar-refractivity contribution in [3.8, 4) is 0 Å². The highest BCUT2D eigenvalue weighted by molar-refractivity contribution is 7.98. The second-order valence-corrected chi connectivity index (χ2v) is 6.13. The van der Waals surface area contributed by atoms with Gasteiger partial charge in [-0.25, -0.2) is 0 Å². The second kappa shape index (κ2) is 5.24. The van der Waals surface area contributed by atoms with Gasteiger partial charge in [-0.15, -0.1) is 10.2 Å². The Morgan fingerprint density at radius 3 is 2.61 bits per heavy atom. The van der Waals surface area contributed by atoms with E-state index in [0.717, 1.165) is 5.03 Å². The standard InChI is InChI=1S/C11H13ClN4OS/c1-11(2,3)10-13-8(17-16-10)6-18-9-5-4-7(12)14-15-9/h4-5H,6H2,1-3H3. The molecule has 0 atom stereocenters. The molecule has 0 aliphatic carbocycles. The van der Waals surface area contributed by atoms with Crippen LogP contribution in [0.5, 0.6) is 0 Å². The molecule has 2 aromatic rings. The van der Waals surface area contributed by atoms with Crippen molar-refractivity contribution in [1.82, 2.24) is 20.3 Å². The number of halogens is 1. The molecule has 0 fully saturated rings. The fourth-order valence-corrected chi connectivity index (χ4v) is 1.89. The molecule has 0 N–H and O–H groups in total. The van der Waals surface area contributed by atoms with E-state index >= 15 is 0 Å². The van der Waals surface area contributed by atoms with Crippen molar-refractivity contribution in [2.24, 2.45) is 0 Å². The van der Waals surface area contributed by atoms with Crippen LogP contribution in [0.25, 0.3) is 0 Å². The average molecular weight is 285 g/mol. The van der Waals surface area contributed by atoms with Gasteiger partial charge in [-0.3, -0.25) is 0 Å². The average Bonchev–Trinajstić information content (AvgIpc) is 2.77. The Hall–Kier alpha value is -1.14. The minimum Gasteiger partial charge on any atom is -0.338 e. The molecule has 7 heteroatoms. The summed E-state index contributed by atoms with van der Waals surface area (Å²) in [4.78, 5) is 4.34. The molecule has 2 aromatic heterocycles. The van der Waals surface area contributed by atoms with Crippen molar-refractivity contribution in [1.29, 1.82) is 0 Å². The molecular formula is C11H13ClN4OS. The Balaban J connectivity index is 1.98. The molecule has 0 aliphatic rings. The van der Waals surface area contributed by atoms with Crippen molar-refractivity contribution in [3.63, 3.8) is 0 Å². The predicted octanol–water partition coefficient (Wildman–Crippen LogP) is 3.10. The van der Waals surface area contributed by atoms with Crippen molar-refractivity contribution in [2.45, 2.75) is 37.0 Å². The van der Waals surface area contributed by atoms with Crippen molar-refractivity contribution < 1.29 is 4.52 Å². The van der Waals surface area contributed by atoms with Crippen LogP contribution in [0.15, 0.2) is 21.7 Å². The second-order valence-electron chi connectivity index (χ2n) is 4.74. The minimum absolute atomic E-state index is 0.105. The number of thioether (sulfide) groups is 1. The zero-order chi connectivity index (χ0) is 13.2. The van der Waals surface area contributed by atoms with E-state index in [9.17, 15) is 0 Å². The van der Waals surface area contributed by atoms with Crippen LogP contribution in [0.1, 0.15) is 32.5 Å². The first-order valence-electron chi connectivity index (χ1n) is 5.40. The van der Waals surface area contributed by atoms with Gasteiger partial charge >= 0.3 is 0 Å². The van der Waals surface area contributed by atoms with Gasteiger partial charge in [-0.2, -0.15) is 4.98 Å². The summed E-state index contributed by atoms with van der Waals surface area (Å²) >= 11 is 7.14. The lowest BCUT2D eigenvalue weighted by atomic mass is 9.96. The van der Waals surface area contributed by atoms with Gasteiger partial charge < -0.3 is 4.52 Å². The van der Waals surface area contributed by atoms with E-state index in [4.69, 9.17) is 16.1 Å². The van der Waals surface area contributed by atoms with Gasteiger partial charge in [0.05, 0.1) is 5.75 Å². The summed E-state index contributed by atoms with van der Waals surface area (Å²) in [5.41, 5.74) is -0.105. The van der Waals surface area contributed by atoms with E-state index in [1.807, 2.05) is 20.8 Å². The maximum Gasteiger partial charge on any atom is 0.237 e. The van der Waals surface area contributed by atoms with Crippen LogP contribution >= 0.6 is 23.4 Å². The summed E-state index contributed by atoms with van der Waals surface area (Å²) in [7, 11) is 0. The lowest BCUT2D eigenvalue weighted by Gasteiger charge is -2.10. The number of nitrogens with zero attached hydrogens (tertiary/aromatic N) is 4. The summed E-state index contributed by atoms with van der Waals surface area (Å²) in [6.07, 6.45) is 0. The molecule has 0 bridgehead atoms. The first kappa shape index (κ1) is 13.3. The number of rotatable bonds is 3. The van der Waals surface area contributed by atoms with Crippen LogP contribution < -0.4 is 0 Å². The van der Waals surface area contributed by atoms with Crippen LogP contribution in [0.3, 0.4) is 0 Å². The van der Waals surface area contributed by atoms with Gasteiger partial charge in [0.15, 0.2) is 11.0 Å². The molecule has 96 valence electrons. The molecule has 0 saturated carbocycles. The van der Waals surface area contributed by atoms with Gasteiger partial charge in [0.2, 0.25) is 5.89 Å². The lowest BCUT2D eigenvalue weighted by molar-refractivity contribution is 0.373. The van der Waals surface area contributed by atoms with Crippen LogP contribution in [-0.4, -0.2) is 20.3 Å². The van der Waals surface area contributed by atoms with E-state index in [1.165, 1.54) is 11.8 Å². The normalized spacial score (nSPS) is 11.8. The van der Waals surface area contributed by atoms with Crippen molar-refractivity contribution >= 4 is 23.4 Å². The molecule has 18 heavy (non-hydrogen) atoms. The maximum atomic E-state index is 5.66. The smallest absolute Gasteiger partial charge is 0.237 e. The van der Waals surface area contributed by atoms with Gasteiger partial charge in [-0.05, 0) is 12.1 Å². The molecule has 0 unspecified atom stereocenters. The SMILES string of the molecule is CC(C)(C)c1noc(CSc2ccc(Cl)nn2)n1. The Kier molecular flexibility index (Phi) is 3.87. The first-order valence-corrected chi connectivity index (χ1v) is 6.76. The van der Waals surface area contributed by atoms with Crippen LogP contribution in [0.2, 0.25) is 5.15 Å². The molecule has 0 saturated heterocycles. The van der Waals surface area contributed by atoms with E-state index in [1.54, 1.807) is 12.1 Å². The van der Waals surface area contributed by atoms with Crippen LogP contribution in [0, 0.1) is 0 Å². The molecular weight excluding hydrogens is 272 g/mol. The van der Waals surface area contributed by atoms with Crippen LogP contribution in [-0.2, 0) is 11.2 Å². The first-order chi connectivity index (χ1) is 8.45. The largest absolute Gasteiger partial charge is 0.338 e. The van der Waals surface area contributed by atoms with E-state index < -0.39 is 0 Å². The highest BCUT2D eigenvalue weighted by atomic mass is 35.5. The zero-order valence-corrected chi connectivity index (χ0v) is 11.9. The summed E-state index contributed by atoms with van der Waals surface area (Å²) in [6.45, 7) is 6.12. The van der Waals surface area contributed by atoms with E-state index in [-0.39, 0.29) is 5.41 Å². The van der Waals surface area contributed by atoms with Gasteiger partial charge in [0, 0.05) is 5.41 Å². The fourth-order valence-electron chi connectivity index (χ4n) is 1.13. The van der Waals surface area contributed by atoms with Gasteiger partial charge in [0.25, 0.3) is 0 Å². The molecule has 0 aliphatic heterocycles. The molecule has 0 radical (unpaired) electrons. The molecule has 5 nitrogen and oxygen atoms in total. The Bertz CT molecular complexity index is 521. The summed E-state index contributed by atoms with van der Waals surface area (Å²) in [5.74, 6) is 1.86. The molecule has 2 rings (SSSR count). The maximum absolute atomic E-state index is 5.66. The monoisotopic (exact) mass is 284 g/mol. The van der Waals surface area contributed by atoms with E-state index in [2.05, 4.69) is 20.3 Å². The third-order valence-electron chi connectivity index (χ3n) is 2.09. The quantitative estimate of drug-likeness (QED) is 0.807. The summed E-state index contributed by atoms with van der Waals surface area (Å²) in [6, 6.07) is 3.51. The van der Waals surface area contributed by atoms with Gasteiger partial charge in [0.1, 0.15) is 5.03 Å². The predicted molar refractivity (Wildman–Crippen MR) is 69.6 cm³/mol. The highest BCUT2D eigenvalue weighted by Crippen LogP contribution is 2.23. The van der Waals surface area contributed by atoms with E-state index in [0.29, 0.717) is 22.6 Å². The Morgan fingerprint density at radius 1 is 1.28 bits per heavy atom. The molecule has 0 spiro atoms. The van der Waals surface area contributed by atoms with Crippen LogP contribution in [0.4, 0.5) is 0 Å². The van der Waals surface area contributed by atoms with Crippen molar-refractivity contribution in [3.05, 3.63) is 29.0 Å². The molecule has 0 amide bonds. The Labute approximate surface area is 114 Å². The Morgan fingerprint density at radius 2 is 2.06 bits per heavy atom. The number of hydrogen-bond acceptors (Lipinski definition) is 6. The fraction of sp³-hybridized carbons (Fsp3) is 0.455. The topological polar surface area (TPSA) is 64.7 Å². The summed E-state index contributed by atoms with van der Waals surface area (Å²) in [5, 5.41) is 12.8. The lowest BCUT2D eigenvalue weighted by Crippen LogP contribution is -2.13. The summed E-state index contributed by atoms with van der Waals surface area (Å²) < 4.78 is 5.18. The highest BCUT2D eigenvalue weighted by Gasteiger charge is 2.20. The molecule has 0 aromatic carbocycles. The van der Waals surface area contributed by atoms with Crippen molar-refractivity contribution in [2.75, 3.05) is 0 Å². The third-order valence-corrected chi connectivity index (χ3v) is 3.20. The number of hydrogen-bond donors (Lipinski definition) is 0.